The van der Waals surface area contributed by atoms with E-state index in [-0.39, 0.29) is 23.3 Å². The van der Waals surface area contributed by atoms with Gasteiger partial charge in [-0.3, -0.25) is 4.79 Å². The molecule has 2 rings (SSSR count). The first-order valence-corrected chi connectivity index (χ1v) is 6.47. The molecule has 0 bridgehead atoms. The Morgan fingerprint density at radius 1 is 1.53 bits per heavy atom. The molecule has 0 saturated carbocycles. The Morgan fingerprint density at radius 2 is 2.26 bits per heavy atom. The van der Waals surface area contributed by atoms with Gasteiger partial charge in [0.15, 0.2) is 0 Å². The molecule has 2 atom stereocenters. The number of hydrogen-bond donors (Lipinski definition) is 2. The number of carbonyl (C=O) groups excluding carboxylic acids is 1. The Labute approximate surface area is 112 Å². The van der Waals surface area contributed by atoms with Gasteiger partial charge in [0.1, 0.15) is 11.6 Å². The van der Waals surface area contributed by atoms with E-state index in [1.807, 2.05) is 0 Å². The van der Waals surface area contributed by atoms with Crippen LogP contribution in [0.5, 0.6) is 5.75 Å². The zero-order chi connectivity index (χ0) is 14.0. The van der Waals surface area contributed by atoms with E-state index in [0.29, 0.717) is 6.04 Å². The van der Waals surface area contributed by atoms with Crippen molar-refractivity contribution >= 4 is 5.91 Å². The third kappa shape index (κ3) is 3.23. The predicted octanol–water partition coefficient (Wildman–Crippen LogP) is 1.74. The van der Waals surface area contributed by atoms with Gasteiger partial charge in [-0.1, -0.05) is 0 Å². The third-order valence-corrected chi connectivity index (χ3v) is 3.75. The molecule has 5 heteroatoms. The van der Waals surface area contributed by atoms with Crippen LogP contribution in [0.15, 0.2) is 18.2 Å². The summed E-state index contributed by atoms with van der Waals surface area (Å²) in [5, 5.41) is 12.5. The summed E-state index contributed by atoms with van der Waals surface area (Å²) in [4.78, 5) is 14.3. The highest BCUT2D eigenvalue weighted by atomic mass is 19.1. The molecule has 0 aliphatic carbocycles. The molecular weight excluding hydrogens is 247 g/mol. The minimum Gasteiger partial charge on any atom is -0.507 e. The van der Waals surface area contributed by atoms with Crippen LogP contribution in [0.25, 0.3) is 0 Å². The number of phenolic OH excluding ortho intramolecular Hbond substituents is 1. The molecule has 104 valence electrons. The van der Waals surface area contributed by atoms with Crippen LogP contribution in [0.2, 0.25) is 0 Å². The first-order valence-electron chi connectivity index (χ1n) is 6.47. The second-order valence-electron chi connectivity index (χ2n) is 5.19. The van der Waals surface area contributed by atoms with Crippen molar-refractivity contribution in [1.82, 2.24) is 10.2 Å². The minimum absolute atomic E-state index is 0.100. The van der Waals surface area contributed by atoms with Crippen molar-refractivity contribution in [1.29, 1.82) is 0 Å². The summed E-state index contributed by atoms with van der Waals surface area (Å²) in [5.74, 6) is -1.22. The summed E-state index contributed by atoms with van der Waals surface area (Å²) in [5.41, 5.74) is 0.119. The van der Waals surface area contributed by atoms with Gasteiger partial charge < -0.3 is 15.3 Å². The Morgan fingerprint density at radius 3 is 2.89 bits per heavy atom. The summed E-state index contributed by atoms with van der Waals surface area (Å²) in [6.07, 6.45) is 1.76. The fourth-order valence-electron chi connectivity index (χ4n) is 2.38. The van der Waals surface area contributed by atoms with Gasteiger partial charge in [-0.15, -0.1) is 0 Å². The normalized spacial score (nSPS) is 24.2. The number of likely N-dealkylation sites (tertiary alicyclic amines) is 1. The highest BCUT2D eigenvalue weighted by molar-refractivity contribution is 5.96. The Bertz CT molecular complexity index is 479. The van der Waals surface area contributed by atoms with Crippen molar-refractivity contribution in [2.24, 2.45) is 0 Å². The summed E-state index contributed by atoms with van der Waals surface area (Å²) < 4.78 is 12.9. The van der Waals surface area contributed by atoms with Gasteiger partial charge in [-0.2, -0.15) is 0 Å². The second-order valence-corrected chi connectivity index (χ2v) is 5.19. The van der Waals surface area contributed by atoms with Crippen LogP contribution in [0.1, 0.15) is 30.1 Å². The molecule has 1 aromatic carbocycles. The lowest BCUT2D eigenvalue weighted by Crippen LogP contribution is -2.47. The lowest BCUT2D eigenvalue weighted by atomic mass is 9.98. The fourth-order valence-corrected chi connectivity index (χ4v) is 2.38. The van der Waals surface area contributed by atoms with Gasteiger partial charge in [0.2, 0.25) is 0 Å². The maximum atomic E-state index is 12.9. The van der Waals surface area contributed by atoms with Gasteiger partial charge >= 0.3 is 0 Å². The van der Waals surface area contributed by atoms with Crippen molar-refractivity contribution in [2.45, 2.75) is 31.8 Å². The van der Waals surface area contributed by atoms with E-state index in [9.17, 15) is 14.3 Å². The molecule has 1 aliphatic rings. The topological polar surface area (TPSA) is 52.6 Å². The van der Waals surface area contributed by atoms with Crippen molar-refractivity contribution in [3.8, 4) is 5.75 Å². The van der Waals surface area contributed by atoms with Crippen molar-refractivity contribution in [3.63, 3.8) is 0 Å². The first-order chi connectivity index (χ1) is 8.97. The molecule has 1 fully saturated rings. The summed E-state index contributed by atoms with van der Waals surface area (Å²) in [7, 11) is 2.06. The first kappa shape index (κ1) is 13.8. The lowest BCUT2D eigenvalue weighted by molar-refractivity contribution is 0.0894. The van der Waals surface area contributed by atoms with E-state index in [4.69, 9.17) is 0 Å². The van der Waals surface area contributed by atoms with Crippen LogP contribution in [0.3, 0.4) is 0 Å². The molecule has 19 heavy (non-hydrogen) atoms. The van der Waals surface area contributed by atoms with Crippen molar-refractivity contribution < 1.29 is 14.3 Å². The number of piperidine rings is 1. The van der Waals surface area contributed by atoms with E-state index in [1.54, 1.807) is 0 Å². The third-order valence-electron chi connectivity index (χ3n) is 3.75. The molecule has 0 radical (unpaired) electrons. The summed E-state index contributed by atoms with van der Waals surface area (Å²) in [6.45, 7) is 3.05. The average molecular weight is 266 g/mol. The van der Waals surface area contributed by atoms with E-state index >= 15 is 0 Å². The van der Waals surface area contributed by atoms with Gasteiger partial charge in [0.05, 0.1) is 5.56 Å². The Kier molecular flexibility index (Phi) is 4.04. The molecule has 1 saturated heterocycles. The lowest BCUT2D eigenvalue weighted by Gasteiger charge is -2.35. The maximum Gasteiger partial charge on any atom is 0.255 e. The Hall–Kier alpha value is -1.62. The average Bonchev–Trinajstić information content (AvgIpc) is 2.33. The SMILES string of the molecule is CC1CC(NC(=O)c2ccc(F)cc2O)CCN1C. The molecule has 0 aromatic heterocycles. The van der Waals surface area contributed by atoms with E-state index in [0.717, 1.165) is 25.5 Å². The molecule has 0 spiro atoms. The Balaban J connectivity index is 2.01. The second kappa shape index (κ2) is 5.57. The number of amides is 1. The smallest absolute Gasteiger partial charge is 0.255 e. The molecule has 4 nitrogen and oxygen atoms in total. The number of carbonyl (C=O) groups is 1. The van der Waals surface area contributed by atoms with Crippen LogP contribution in [-0.2, 0) is 0 Å². The van der Waals surface area contributed by atoms with Crippen molar-refractivity contribution in [2.75, 3.05) is 13.6 Å². The fraction of sp³-hybridized carbons (Fsp3) is 0.500. The zero-order valence-electron chi connectivity index (χ0n) is 11.2. The zero-order valence-corrected chi connectivity index (χ0v) is 11.2. The molecule has 1 aromatic rings. The van der Waals surface area contributed by atoms with Crippen molar-refractivity contribution in [3.05, 3.63) is 29.6 Å². The summed E-state index contributed by atoms with van der Waals surface area (Å²) in [6, 6.07) is 3.94. The van der Waals surface area contributed by atoms with Gasteiger partial charge in [-0.05, 0) is 38.9 Å². The van der Waals surface area contributed by atoms with Gasteiger partial charge in [0, 0.05) is 24.7 Å². The molecule has 2 unspecified atom stereocenters. The van der Waals surface area contributed by atoms with Crippen LogP contribution in [-0.4, -0.2) is 41.6 Å². The van der Waals surface area contributed by atoms with Crippen LogP contribution in [0, 0.1) is 5.82 Å². The number of benzene rings is 1. The number of nitrogens with zero attached hydrogens (tertiary/aromatic N) is 1. The number of rotatable bonds is 2. The quantitative estimate of drug-likeness (QED) is 0.857. The standard InChI is InChI=1S/C14H19FN2O2/c1-9-7-11(5-6-17(9)2)16-14(19)12-4-3-10(15)8-13(12)18/h3-4,8-9,11,18H,5-7H2,1-2H3,(H,16,19). The van der Waals surface area contributed by atoms with E-state index in [1.165, 1.54) is 12.1 Å². The van der Waals surface area contributed by atoms with Gasteiger partial charge in [-0.25, -0.2) is 4.39 Å². The number of halogens is 1. The number of hydrogen-bond acceptors (Lipinski definition) is 3. The number of phenols is 1. The van der Waals surface area contributed by atoms with Crippen LogP contribution >= 0.6 is 0 Å². The highest BCUT2D eigenvalue weighted by Crippen LogP contribution is 2.20. The number of aromatic hydroxyl groups is 1. The molecule has 1 aliphatic heterocycles. The largest absolute Gasteiger partial charge is 0.507 e. The minimum atomic E-state index is -0.554. The monoisotopic (exact) mass is 266 g/mol. The molecule has 1 heterocycles. The van der Waals surface area contributed by atoms with Crippen LogP contribution < -0.4 is 5.32 Å². The molecular formula is C14H19FN2O2. The summed E-state index contributed by atoms with van der Waals surface area (Å²) >= 11 is 0. The van der Waals surface area contributed by atoms with E-state index < -0.39 is 5.82 Å². The molecule has 2 N–H and O–H groups in total. The van der Waals surface area contributed by atoms with Crippen LogP contribution in [0.4, 0.5) is 4.39 Å². The molecule has 1 amide bonds. The van der Waals surface area contributed by atoms with E-state index in [2.05, 4.69) is 24.2 Å². The highest BCUT2D eigenvalue weighted by Gasteiger charge is 2.24. The predicted molar refractivity (Wildman–Crippen MR) is 70.6 cm³/mol. The maximum absolute atomic E-state index is 12.9. The number of nitrogens with one attached hydrogen (secondary N) is 1. The van der Waals surface area contributed by atoms with Gasteiger partial charge in [0.25, 0.3) is 5.91 Å².